The monoisotopic (exact) mass is 374 g/mol. The van der Waals surface area contributed by atoms with Crippen molar-refractivity contribution in [1.82, 2.24) is 0 Å². The molecule has 3 N–H and O–H groups in total. The van der Waals surface area contributed by atoms with Crippen molar-refractivity contribution < 1.29 is 44.0 Å². The van der Waals surface area contributed by atoms with Crippen LogP contribution >= 0.6 is 0 Å². The van der Waals surface area contributed by atoms with Crippen LogP contribution in [0.5, 0.6) is 11.5 Å². The van der Waals surface area contributed by atoms with E-state index in [2.05, 4.69) is 0 Å². The molecule has 140 valence electrons. The van der Waals surface area contributed by atoms with Gasteiger partial charge in [-0.1, -0.05) is 0 Å². The van der Waals surface area contributed by atoms with Gasteiger partial charge >= 0.3 is 17.9 Å². The lowest BCUT2D eigenvalue weighted by atomic mass is 9.94. The molecule has 0 aliphatic carbocycles. The number of rotatable bonds is 7. The summed E-state index contributed by atoms with van der Waals surface area (Å²) in [6, 6.07) is 5.64. The first kappa shape index (κ1) is 19.4. The summed E-state index contributed by atoms with van der Waals surface area (Å²) in [5, 5.41) is 27.7. The maximum Gasteiger partial charge on any atom is 0.340 e. The molecule has 0 radical (unpaired) electrons. The molecular formula is C18H14O9. The van der Waals surface area contributed by atoms with Gasteiger partial charge in [-0.2, -0.15) is 0 Å². The van der Waals surface area contributed by atoms with Crippen LogP contribution in [0.4, 0.5) is 0 Å². The zero-order valence-electron chi connectivity index (χ0n) is 14.2. The highest BCUT2D eigenvalue weighted by Crippen LogP contribution is 2.30. The van der Waals surface area contributed by atoms with Gasteiger partial charge in [0.25, 0.3) is 0 Å². The van der Waals surface area contributed by atoms with Crippen molar-refractivity contribution in [2.24, 2.45) is 0 Å². The average molecular weight is 374 g/mol. The lowest BCUT2D eigenvalue weighted by molar-refractivity contribution is 0.0675. The quantitative estimate of drug-likeness (QED) is 0.619. The molecule has 9 nitrogen and oxygen atoms in total. The third kappa shape index (κ3) is 3.56. The van der Waals surface area contributed by atoms with E-state index in [1.54, 1.807) is 0 Å². The molecule has 2 rings (SSSR count). The fourth-order valence-electron chi connectivity index (χ4n) is 2.53. The van der Waals surface area contributed by atoms with Crippen molar-refractivity contribution in [3.05, 3.63) is 58.1 Å². The van der Waals surface area contributed by atoms with Gasteiger partial charge < -0.3 is 24.8 Å². The highest BCUT2D eigenvalue weighted by molar-refractivity contribution is 6.16. The number of ketones is 1. The minimum Gasteiger partial charge on any atom is -0.496 e. The minimum absolute atomic E-state index is 0.0375. The smallest absolute Gasteiger partial charge is 0.340 e. The van der Waals surface area contributed by atoms with E-state index in [0.717, 1.165) is 31.4 Å². The Morgan fingerprint density at radius 2 is 1.30 bits per heavy atom. The first-order chi connectivity index (χ1) is 12.7. The summed E-state index contributed by atoms with van der Waals surface area (Å²) in [5.41, 5.74) is -1.54. The van der Waals surface area contributed by atoms with Gasteiger partial charge in [-0.25, -0.2) is 14.4 Å². The molecule has 0 aromatic heterocycles. The third-order valence-corrected chi connectivity index (χ3v) is 3.74. The zero-order valence-corrected chi connectivity index (χ0v) is 14.2. The molecule has 2 aromatic rings. The van der Waals surface area contributed by atoms with Gasteiger partial charge in [0, 0.05) is 11.1 Å². The molecular weight excluding hydrogens is 360 g/mol. The molecule has 0 aliphatic heterocycles. The van der Waals surface area contributed by atoms with Crippen LogP contribution in [0.15, 0.2) is 30.3 Å². The van der Waals surface area contributed by atoms with Crippen molar-refractivity contribution >= 4 is 23.7 Å². The summed E-state index contributed by atoms with van der Waals surface area (Å²) in [7, 11) is 2.32. The Bertz CT molecular complexity index is 960. The number of carbonyl (C=O) groups is 4. The maximum absolute atomic E-state index is 12.8. The largest absolute Gasteiger partial charge is 0.496 e. The van der Waals surface area contributed by atoms with E-state index in [4.69, 9.17) is 14.6 Å². The Hall–Kier alpha value is -3.88. The Morgan fingerprint density at radius 1 is 0.741 bits per heavy atom. The van der Waals surface area contributed by atoms with Crippen LogP contribution in [-0.2, 0) is 0 Å². The molecule has 0 saturated carbocycles. The van der Waals surface area contributed by atoms with E-state index < -0.39 is 40.6 Å². The number of carboxylic acid groups (broad SMARTS) is 3. The van der Waals surface area contributed by atoms with E-state index in [0.29, 0.717) is 0 Å². The summed E-state index contributed by atoms with van der Waals surface area (Å²) in [5.74, 6) is -5.54. The van der Waals surface area contributed by atoms with E-state index in [1.165, 1.54) is 13.2 Å². The number of ether oxygens (including phenoxy) is 2. The molecule has 0 unspecified atom stereocenters. The van der Waals surface area contributed by atoms with Crippen molar-refractivity contribution in [1.29, 1.82) is 0 Å². The van der Waals surface area contributed by atoms with Gasteiger partial charge in [-0.05, 0) is 30.3 Å². The summed E-state index contributed by atoms with van der Waals surface area (Å²) >= 11 is 0. The first-order valence-corrected chi connectivity index (χ1v) is 7.36. The summed E-state index contributed by atoms with van der Waals surface area (Å²) in [6.45, 7) is 0. The molecule has 27 heavy (non-hydrogen) atoms. The number of aromatic carboxylic acids is 3. The number of hydrogen-bond donors (Lipinski definition) is 3. The first-order valence-electron chi connectivity index (χ1n) is 7.36. The molecule has 0 bridgehead atoms. The topological polar surface area (TPSA) is 147 Å². The maximum atomic E-state index is 12.8. The highest BCUT2D eigenvalue weighted by Gasteiger charge is 2.27. The van der Waals surface area contributed by atoms with Gasteiger partial charge in [0.2, 0.25) is 0 Å². The summed E-state index contributed by atoms with van der Waals surface area (Å²) in [4.78, 5) is 46.9. The molecule has 9 heteroatoms. The molecule has 0 heterocycles. The average Bonchev–Trinajstić information content (AvgIpc) is 2.64. The fourth-order valence-corrected chi connectivity index (χ4v) is 2.53. The molecule has 0 aliphatic rings. The number of methoxy groups -OCH3 is 2. The van der Waals surface area contributed by atoms with E-state index >= 15 is 0 Å². The SMILES string of the molecule is COc1cc(C(=O)c2ccc(C(=O)O)c(OC)c2C(=O)O)ccc1C(=O)O. The number of carboxylic acids is 3. The van der Waals surface area contributed by atoms with Gasteiger partial charge in [0.15, 0.2) is 5.78 Å². The second-order valence-electron chi connectivity index (χ2n) is 5.23. The predicted molar refractivity (Wildman–Crippen MR) is 90.3 cm³/mol. The number of hydrogen-bond acceptors (Lipinski definition) is 6. The van der Waals surface area contributed by atoms with E-state index in [1.807, 2.05) is 0 Å². The zero-order chi connectivity index (χ0) is 20.3. The van der Waals surface area contributed by atoms with E-state index in [-0.39, 0.29) is 22.4 Å². The molecule has 0 fully saturated rings. The Balaban J connectivity index is 2.68. The standard InChI is InChI=1S/C18H14O9/c1-26-12-7-8(3-4-9(12)16(20)21)14(19)10-5-6-11(17(22)23)15(27-2)13(10)18(24)25/h3-7H,1-2H3,(H,20,21)(H,22,23)(H,24,25). The van der Waals surface area contributed by atoms with Crippen LogP contribution in [0, 0.1) is 0 Å². The fraction of sp³-hybridized carbons (Fsp3) is 0.111. The Kier molecular flexibility index (Phi) is 5.45. The highest BCUT2D eigenvalue weighted by atomic mass is 16.5. The molecule has 0 amide bonds. The van der Waals surface area contributed by atoms with Gasteiger partial charge in [-0.15, -0.1) is 0 Å². The predicted octanol–water partition coefficient (Wildman–Crippen LogP) is 2.03. The van der Waals surface area contributed by atoms with Gasteiger partial charge in [-0.3, -0.25) is 4.79 Å². The van der Waals surface area contributed by atoms with E-state index in [9.17, 15) is 29.4 Å². The minimum atomic E-state index is -1.55. The van der Waals surface area contributed by atoms with Crippen LogP contribution in [0.25, 0.3) is 0 Å². The molecule has 0 saturated heterocycles. The lowest BCUT2D eigenvalue weighted by Gasteiger charge is -2.13. The summed E-state index contributed by atoms with van der Waals surface area (Å²) in [6.07, 6.45) is 0. The second kappa shape index (κ2) is 7.56. The van der Waals surface area contributed by atoms with Crippen LogP contribution in [0.1, 0.15) is 47.0 Å². The lowest BCUT2D eigenvalue weighted by Crippen LogP contribution is -2.15. The van der Waals surface area contributed by atoms with Crippen molar-refractivity contribution in [3.8, 4) is 11.5 Å². The van der Waals surface area contributed by atoms with Gasteiger partial charge in [0.1, 0.15) is 28.2 Å². The van der Waals surface area contributed by atoms with Gasteiger partial charge in [0.05, 0.1) is 14.2 Å². The van der Waals surface area contributed by atoms with Crippen molar-refractivity contribution in [3.63, 3.8) is 0 Å². The Labute approximate surface area is 152 Å². The van der Waals surface area contributed by atoms with Crippen LogP contribution in [0.2, 0.25) is 0 Å². The molecule has 0 atom stereocenters. The summed E-state index contributed by atoms with van der Waals surface area (Å²) < 4.78 is 9.86. The second-order valence-corrected chi connectivity index (χ2v) is 5.23. The van der Waals surface area contributed by atoms with Crippen LogP contribution in [-0.4, -0.2) is 53.2 Å². The number of benzene rings is 2. The third-order valence-electron chi connectivity index (χ3n) is 3.74. The van der Waals surface area contributed by atoms with Crippen molar-refractivity contribution in [2.45, 2.75) is 0 Å². The Morgan fingerprint density at radius 3 is 1.78 bits per heavy atom. The normalized spacial score (nSPS) is 10.1. The molecule has 0 spiro atoms. The molecule has 2 aromatic carbocycles. The van der Waals surface area contributed by atoms with Crippen LogP contribution in [0.3, 0.4) is 0 Å². The number of carbonyl (C=O) groups excluding carboxylic acids is 1. The van der Waals surface area contributed by atoms with Crippen molar-refractivity contribution in [2.75, 3.05) is 14.2 Å². The van der Waals surface area contributed by atoms with Crippen LogP contribution < -0.4 is 9.47 Å².